The summed E-state index contributed by atoms with van der Waals surface area (Å²) < 4.78 is 3.59. The van der Waals surface area contributed by atoms with Crippen LogP contribution in [0.1, 0.15) is 5.69 Å². The minimum absolute atomic E-state index is 0.0301. The SMILES string of the molecule is Cc1cc(=O)n(-c2ccccc2)n1CNc1cccc[nH+]1. The number of hydrogen-bond donors (Lipinski definition) is 1. The molecule has 106 valence electrons. The summed E-state index contributed by atoms with van der Waals surface area (Å²) in [6.07, 6.45) is 1.86. The Labute approximate surface area is 122 Å². The smallest absolute Gasteiger partial charge is 0.267 e. The summed E-state index contributed by atoms with van der Waals surface area (Å²) in [5.74, 6) is 0.901. The summed E-state index contributed by atoms with van der Waals surface area (Å²) in [5, 5.41) is 3.27. The molecule has 0 radical (unpaired) electrons. The Morgan fingerprint density at radius 1 is 1.10 bits per heavy atom. The molecule has 0 aliphatic heterocycles. The van der Waals surface area contributed by atoms with Crippen LogP contribution in [0.3, 0.4) is 0 Å². The van der Waals surface area contributed by atoms with Crippen LogP contribution in [0.15, 0.2) is 65.6 Å². The summed E-state index contributed by atoms with van der Waals surface area (Å²) in [4.78, 5) is 15.3. The number of H-pyrrole nitrogens is 1. The number of aryl methyl sites for hydroxylation is 1. The highest BCUT2D eigenvalue weighted by Crippen LogP contribution is 2.07. The number of nitrogens with zero attached hydrogens (tertiary/aromatic N) is 2. The van der Waals surface area contributed by atoms with Crippen LogP contribution in [0.4, 0.5) is 5.82 Å². The van der Waals surface area contributed by atoms with Gasteiger partial charge < -0.3 is 0 Å². The Hall–Kier alpha value is -2.82. The van der Waals surface area contributed by atoms with E-state index in [1.165, 1.54) is 0 Å². The highest BCUT2D eigenvalue weighted by Gasteiger charge is 2.11. The second-order valence-corrected chi connectivity index (χ2v) is 4.78. The van der Waals surface area contributed by atoms with Crippen molar-refractivity contribution >= 4 is 5.82 Å². The molecule has 0 saturated carbocycles. The van der Waals surface area contributed by atoms with E-state index in [4.69, 9.17) is 0 Å². The highest BCUT2D eigenvalue weighted by atomic mass is 16.1. The molecule has 0 saturated heterocycles. The van der Waals surface area contributed by atoms with E-state index < -0.39 is 0 Å². The van der Waals surface area contributed by atoms with E-state index in [-0.39, 0.29) is 5.56 Å². The molecule has 5 heteroatoms. The molecular formula is C16H17N4O+. The number of aromatic amines is 1. The van der Waals surface area contributed by atoms with E-state index >= 15 is 0 Å². The number of hydrogen-bond acceptors (Lipinski definition) is 2. The summed E-state index contributed by atoms with van der Waals surface area (Å²) in [5.41, 5.74) is 1.74. The van der Waals surface area contributed by atoms with Gasteiger partial charge in [-0.2, -0.15) is 0 Å². The molecule has 21 heavy (non-hydrogen) atoms. The van der Waals surface area contributed by atoms with Gasteiger partial charge in [-0.15, -0.1) is 0 Å². The highest BCUT2D eigenvalue weighted by molar-refractivity contribution is 5.31. The molecule has 0 atom stereocenters. The molecule has 2 aromatic heterocycles. The van der Waals surface area contributed by atoms with Crippen LogP contribution in [0.2, 0.25) is 0 Å². The maximum absolute atomic E-state index is 12.2. The van der Waals surface area contributed by atoms with E-state index in [2.05, 4.69) is 10.3 Å². The van der Waals surface area contributed by atoms with Gasteiger partial charge in [0.1, 0.15) is 0 Å². The minimum atomic E-state index is -0.0301. The zero-order chi connectivity index (χ0) is 14.7. The lowest BCUT2D eigenvalue weighted by molar-refractivity contribution is -0.361. The fourth-order valence-corrected chi connectivity index (χ4v) is 2.29. The van der Waals surface area contributed by atoms with Gasteiger partial charge in [-0.25, -0.2) is 14.3 Å². The number of aromatic nitrogens is 3. The standard InChI is InChI=1S/C16H16N4O/c1-13-11-16(21)20(14-7-3-2-4-8-14)19(13)12-18-15-9-5-6-10-17-15/h2-11H,12H2,1H3,(H,17,18)/p+1. The van der Waals surface area contributed by atoms with Crippen molar-refractivity contribution in [3.05, 3.63) is 76.8 Å². The molecule has 3 aromatic rings. The monoisotopic (exact) mass is 281 g/mol. The first kappa shape index (κ1) is 13.2. The van der Waals surface area contributed by atoms with Crippen molar-refractivity contribution in [2.45, 2.75) is 13.6 Å². The molecule has 0 fully saturated rings. The number of para-hydroxylation sites is 1. The second-order valence-electron chi connectivity index (χ2n) is 4.78. The fraction of sp³-hybridized carbons (Fsp3) is 0.125. The molecule has 3 rings (SSSR count). The molecule has 0 aliphatic carbocycles. The van der Waals surface area contributed by atoms with Crippen molar-refractivity contribution < 1.29 is 4.98 Å². The molecule has 0 aliphatic rings. The molecular weight excluding hydrogens is 264 g/mol. The minimum Gasteiger partial charge on any atom is -0.267 e. The Kier molecular flexibility index (Phi) is 3.55. The van der Waals surface area contributed by atoms with Crippen LogP contribution < -0.4 is 15.9 Å². The predicted octanol–water partition coefficient (Wildman–Crippen LogP) is 1.83. The molecule has 0 amide bonds. The second kappa shape index (κ2) is 5.66. The van der Waals surface area contributed by atoms with E-state index in [9.17, 15) is 4.79 Å². The first-order chi connectivity index (χ1) is 10.3. The van der Waals surface area contributed by atoms with E-state index in [0.717, 1.165) is 17.2 Å². The summed E-state index contributed by atoms with van der Waals surface area (Å²) in [6, 6.07) is 17.1. The van der Waals surface area contributed by atoms with Crippen LogP contribution in [-0.2, 0) is 6.67 Å². The Balaban J connectivity index is 1.94. The molecule has 0 spiro atoms. The molecule has 0 unspecified atom stereocenters. The quantitative estimate of drug-likeness (QED) is 0.793. The van der Waals surface area contributed by atoms with Gasteiger partial charge in [0.2, 0.25) is 0 Å². The Morgan fingerprint density at radius 3 is 2.57 bits per heavy atom. The zero-order valence-corrected chi connectivity index (χ0v) is 11.8. The summed E-state index contributed by atoms with van der Waals surface area (Å²) in [7, 11) is 0. The fourth-order valence-electron chi connectivity index (χ4n) is 2.29. The van der Waals surface area contributed by atoms with Gasteiger partial charge in [0.25, 0.3) is 11.4 Å². The lowest BCUT2D eigenvalue weighted by atomic mass is 10.3. The predicted molar refractivity (Wildman–Crippen MR) is 81.4 cm³/mol. The van der Waals surface area contributed by atoms with Gasteiger partial charge in [0.15, 0.2) is 6.67 Å². The average molecular weight is 281 g/mol. The van der Waals surface area contributed by atoms with Gasteiger partial charge in [0, 0.05) is 17.8 Å². The van der Waals surface area contributed by atoms with Gasteiger partial charge in [-0.05, 0) is 25.1 Å². The molecule has 5 nitrogen and oxygen atoms in total. The topological polar surface area (TPSA) is 53.1 Å². The first-order valence-corrected chi connectivity index (χ1v) is 6.81. The Morgan fingerprint density at radius 2 is 1.86 bits per heavy atom. The molecule has 2 heterocycles. The maximum Gasteiger partial charge on any atom is 0.273 e. The van der Waals surface area contributed by atoms with Gasteiger partial charge in [-0.3, -0.25) is 10.1 Å². The molecule has 0 bridgehead atoms. The van der Waals surface area contributed by atoms with Crippen molar-refractivity contribution in [1.82, 2.24) is 9.36 Å². The van der Waals surface area contributed by atoms with Crippen molar-refractivity contribution in [2.75, 3.05) is 5.32 Å². The number of benzene rings is 1. The van der Waals surface area contributed by atoms with Crippen LogP contribution in [-0.4, -0.2) is 9.36 Å². The van der Waals surface area contributed by atoms with Crippen LogP contribution >= 0.6 is 0 Å². The third-order valence-electron chi connectivity index (χ3n) is 3.32. The summed E-state index contributed by atoms with van der Waals surface area (Å²) in [6.45, 7) is 2.43. The van der Waals surface area contributed by atoms with Crippen molar-refractivity contribution in [1.29, 1.82) is 0 Å². The number of nitrogens with one attached hydrogen (secondary N) is 2. The van der Waals surface area contributed by atoms with Gasteiger partial charge in [0.05, 0.1) is 11.9 Å². The number of rotatable bonds is 4. The third-order valence-corrected chi connectivity index (χ3v) is 3.32. The van der Waals surface area contributed by atoms with E-state index in [0.29, 0.717) is 6.67 Å². The van der Waals surface area contributed by atoms with Crippen LogP contribution in [0.25, 0.3) is 5.69 Å². The average Bonchev–Trinajstić information content (AvgIpc) is 2.81. The lowest BCUT2D eigenvalue weighted by Gasteiger charge is -2.11. The molecule has 1 aromatic carbocycles. The zero-order valence-electron chi connectivity index (χ0n) is 11.8. The normalized spacial score (nSPS) is 10.5. The van der Waals surface area contributed by atoms with E-state index in [1.54, 1.807) is 10.7 Å². The molecule has 2 N–H and O–H groups in total. The van der Waals surface area contributed by atoms with Crippen molar-refractivity contribution in [3.63, 3.8) is 0 Å². The lowest BCUT2D eigenvalue weighted by Crippen LogP contribution is -2.25. The largest absolute Gasteiger partial charge is 0.273 e. The number of pyridine rings is 1. The van der Waals surface area contributed by atoms with Crippen LogP contribution in [0, 0.1) is 6.92 Å². The Bertz CT molecular complexity index is 775. The van der Waals surface area contributed by atoms with Crippen molar-refractivity contribution in [2.24, 2.45) is 0 Å². The first-order valence-electron chi connectivity index (χ1n) is 6.81. The van der Waals surface area contributed by atoms with Gasteiger partial charge in [-0.1, -0.05) is 24.3 Å². The summed E-state index contributed by atoms with van der Waals surface area (Å²) >= 11 is 0. The number of anilines is 1. The van der Waals surface area contributed by atoms with Crippen molar-refractivity contribution in [3.8, 4) is 5.69 Å². The van der Waals surface area contributed by atoms with E-state index in [1.807, 2.05) is 66.3 Å². The third kappa shape index (κ3) is 2.72. The van der Waals surface area contributed by atoms with Gasteiger partial charge >= 0.3 is 0 Å². The maximum atomic E-state index is 12.2. The van der Waals surface area contributed by atoms with Crippen LogP contribution in [0.5, 0.6) is 0 Å².